The van der Waals surface area contributed by atoms with Crippen molar-refractivity contribution < 1.29 is 23.9 Å². The topological polar surface area (TPSA) is 123 Å². The highest BCUT2D eigenvalue weighted by molar-refractivity contribution is 5.93. The molecule has 0 spiro atoms. The Balaban J connectivity index is 1.66. The summed E-state index contributed by atoms with van der Waals surface area (Å²) < 4.78 is 12.3. The Bertz CT molecular complexity index is 862. The fraction of sp³-hybridized carbons (Fsp3) is 0.591. The standard InChI is InChI=1S/C22H30N4O5/c1-12(24-2)21(28)25-15-11-18(14-9-10-30-17-6-4-3-5-13(14)17)31-19-8-7-16(20(23)27)26(19)22(15)29/h3-6,12,14-16,18-19,24H,7-11H2,1-2H3,(H2,23,27)(H,25,28)/t12-,14+,15?,16?,18?,19?/m0/s1. The van der Waals surface area contributed by atoms with Gasteiger partial charge in [-0.1, -0.05) is 18.2 Å². The van der Waals surface area contributed by atoms with E-state index in [1.807, 2.05) is 24.3 Å². The Morgan fingerprint density at radius 3 is 2.74 bits per heavy atom. The largest absolute Gasteiger partial charge is 0.493 e. The lowest BCUT2D eigenvalue weighted by molar-refractivity contribution is -0.150. The zero-order chi connectivity index (χ0) is 22.1. The van der Waals surface area contributed by atoms with Crippen LogP contribution in [0.2, 0.25) is 0 Å². The Labute approximate surface area is 181 Å². The summed E-state index contributed by atoms with van der Waals surface area (Å²) in [5.74, 6) is -0.305. The fourth-order valence-electron chi connectivity index (χ4n) is 4.82. The lowest BCUT2D eigenvalue weighted by Gasteiger charge is -2.34. The van der Waals surface area contributed by atoms with Crippen LogP contribution in [0.25, 0.3) is 0 Å². The molecule has 4 unspecified atom stereocenters. The van der Waals surface area contributed by atoms with Gasteiger partial charge in [-0.25, -0.2) is 0 Å². The Morgan fingerprint density at radius 2 is 2.00 bits per heavy atom. The molecule has 9 heteroatoms. The monoisotopic (exact) mass is 430 g/mol. The first kappa shape index (κ1) is 21.6. The normalized spacial score (nSPS) is 31.1. The van der Waals surface area contributed by atoms with E-state index in [9.17, 15) is 14.4 Å². The Morgan fingerprint density at radius 1 is 1.23 bits per heavy atom. The number of hydrogen-bond acceptors (Lipinski definition) is 6. The van der Waals surface area contributed by atoms with Crippen LogP contribution in [0.3, 0.4) is 0 Å². The van der Waals surface area contributed by atoms with Crippen LogP contribution in [-0.2, 0) is 19.1 Å². The van der Waals surface area contributed by atoms with E-state index in [-0.39, 0.29) is 23.8 Å². The van der Waals surface area contributed by atoms with Crippen LogP contribution in [0.15, 0.2) is 24.3 Å². The Kier molecular flexibility index (Phi) is 6.15. The molecule has 168 valence electrons. The smallest absolute Gasteiger partial charge is 0.247 e. The van der Waals surface area contributed by atoms with Crippen molar-refractivity contribution in [2.45, 2.75) is 69.0 Å². The summed E-state index contributed by atoms with van der Waals surface area (Å²) in [7, 11) is 1.68. The van der Waals surface area contributed by atoms with Gasteiger partial charge in [0.2, 0.25) is 17.7 Å². The Hall–Kier alpha value is -2.65. The number of nitrogens with two attached hydrogens (primary N) is 1. The maximum atomic E-state index is 13.4. The molecule has 3 amide bonds. The number of primary amides is 1. The minimum Gasteiger partial charge on any atom is -0.493 e. The molecular weight excluding hydrogens is 400 g/mol. The van der Waals surface area contributed by atoms with Crippen molar-refractivity contribution in [2.75, 3.05) is 13.7 Å². The average molecular weight is 431 g/mol. The molecule has 1 aromatic rings. The number of fused-ring (bicyclic) bond motifs is 2. The van der Waals surface area contributed by atoms with Gasteiger partial charge in [-0.2, -0.15) is 0 Å². The third-order valence-electron chi connectivity index (χ3n) is 6.61. The number of nitrogens with zero attached hydrogens (tertiary/aromatic N) is 1. The number of rotatable bonds is 5. The number of carbonyl (C=O) groups excluding carboxylic acids is 3. The maximum Gasteiger partial charge on any atom is 0.247 e. The van der Waals surface area contributed by atoms with E-state index in [0.717, 1.165) is 17.7 Å². The first-order chi connectivity index (χ1) is 14.9. The van der Waals surface area contributed by atoms with E-state index in [4.69, 9.17) is 15.2 Å². The number of carbonyl (C=O) groups is 3. The van der Waals surface area contributed by atoms with Gasteiger partial charge in [0.25, 0.3) is 0 Å². The first-order valence-electron chi connectivity index (χ1n) is 10.9. The number of nitrogens with one attached hydrogen (secondary N) is 2. The van der Waals surface area contributed by atoms with Crippen molar-refractivity contribution in [3.63, 3.8) is 0 Å². The van der Waals surface area contributed by atoms with Crippen LogP contribution in [0.4, 0.5) is 0 Å². The number of amides is 3. The van der Waals surface area contributed by atoms with E-state index < -0.39 is 30.3 Å². The molecule has 9 nitrogen and oxygen atoms in total. The summed E-state index contributed by atoms with van der Waals surface area (Å²) in [6.07, 6.45) is 1.21. The third kappa shape index (κ3) is 4.12. The molecule has 4 rings (SSSR count). The van der Waals surface area contributed by atoms with Crippen LogP contribution in [0, 0.1) is 0 Å². The van der Waals surface area contributed by atoms with Gasteiger partial charge in [-0.15, -0.1) is 0 Å². The molecule has 2 fully saturated rings. The summed E-state index contributed by atoms with van der Waals surface area (Å²) in [5.41, 5.74) is 6.61. The molecule has 3 aliphatic rings. The minimum absolute atomic E-state index is 0.0199. The van der Waals surface area contributed by atoms with E-state index in [1.165, 1.54) is 4.90 Å². The molecule has 0 aliphatic carbocycles. The van der Waals surface area contributed by atoms with Gasteiger partial charge in [0.15, 0.2) is 0 Å². The number of benzene rings is 1. The molecular formula is C22H30N4O5. The zero-order valence-electron chi connectivity index (χ0n) is 17.9. The number of hydrogen-bond donors (Lipinski definition) is 3. The molecule has 0 saturated carbocycles. The highest BCUT2D eigenvalue weighted by Gasteiger charge is 2.49. The van der Waals surface area contributed by atoms with E-state index >= 15 is 0 Å². The molecule has 6 atom stereocenters. The lowest BCUT2D eigenvalue weighted by Crippen LogP contribution is -2.55. The lowest BCUT2D eigenvalue weighted by atomic mass is 9.85. The number of para-hydroxylation sites is 1. The van der Waals surface area contributed by atoms with Crippen molar-refractivity contribution in [1.82, 2.24) is 15.5 Å². The van der Waals surface area contributed by atoms with E-state index in [1.54, 1.807) is 14.0 Å². The van der Waals surface area contributed by atoms with Crippen molar-refractivity contribution in [3.05, 3.63) is 29.8 Å². The van der Waals surface area contributed by atoms with Crippen LogP contribution in [0.5, 0.6) is 5.75 Å². The molecule has 2 saturated heterocycles. The van der Waals surface area contributed by atoms with E-state index in [0.29, 0.717) is 25.9 Å². The predicted octanol–water partition coefficient (Wildman–Crippen LogP) is 0.237. The predicted molar refractivity (Wildman–Crippen MR) is 112 cm³/mol. The SMILES string of the molecule is CN[C@@H](C)C(=O)NC1CC([C@@H]2CCOc3ccccc32)OC2CCC(C(N)=O)N2C1=O. The van der Waals surface area contributed by atoms with Gasteiger partial charge in [0.1, 0.15) is 24.1 Å². The maximum absolute atomic E-state index is 13.4. The molecule has 1 aromatic carbocycles. The average Bonchev–Trinajstić information content (AvgIpc) is 3.15. The molecule has 0 aromatic heterocycles. The summed E-state index contributed by atoms with van der Waals surface area (Å²) in [6.45, 7) is 2.28. The molecule has 3 aliphatic heterocycles. The van der Waals surface area contributed by atoms with Crippen molar-refractivity contribution in [3.8, 4) is 5.75 Å². The highest BCUT2D eigenvalue weighted by atomic mass is 16.5. The van der Waals surface area contributed by atoms with Gasteiger partial charge in [0.05, 0.1) is 18.8 Å². The summed E-state index contributed by atoms with van der Waals surface area (Å²) >= 11 is 0. The van der Waals surface area contributed by atoms with Crippen molar-refractivity contribution in [2.24, 2.45) is 5.73 Å². The zero-order valence-corrected chi connectivity index (χ0v) is 17.9. The van der Waals surface area contributed by atoms with Crippen LogP contribution < -0.4 is 21.1 Å². The summed E-state index contributed by atoms with van der Waals surface area (Å²) in [5, 5.41) is 5.76. The summed E-state index contributed by atoms with van der Waals surface area (Å²) in [4.78, 5) is 39.5. The summed E-state index contributed by atoms with van der Waals surface area (Å²) in [6, 6.07) is 5.86. The second-order valence-electron chi connectivity index (χ2n) is 8.46. The fourth-order valence-corrected chi connectivity index (χ4v) is 4.82. The van der Waals surface area contributed by atoms with Gasteiger partial charge in [0, 0.05) is 12.3 Å². The first-order valence-corrected chi connectivity index (χ1v) is 10.9. The molecule has 0 bridgehead atoms. The quantitative estimate of drug-likeness (QED) is 0.615. The van der Waals surface area contributed by atoms with Crippen molar-refractivity contribution in [1.29, 1.82) is 0 Å². The number of likely N-dealkylation sites (N-methyl/N-ethyl adjacent to an activating group) is 1. The molecule has 4 N–H and O–H groups in total. The highest BCUT2D eigenvalue weighted by Crippen LogP contribution is 2.41. The minimum atomic E-state index is -0.798. The second-order valence-corrected chi connectivity index (χ2v) is 8.46. The van der Waals surface area contributed by atoms with E-state index in [2.05, 4.69) is 10.6 Å². The van der Waals surface area contributed by atoms with Gasteiger partial charge < -0.3 is 30.7 Å². The van der Waals surface area contributed by atoms with Crippen molar-refractivity contribution >= 4 is 17.7 Å². The molecule has 31 heavy (non-hydrogen) atoms. The van der Waals surface area contributed by atoms with Gasteiger partial charge in [-0.05, 0) is 44.9 Å². The van der Waals surface area contributed by atoms with Gasteiger partial charge in [-0.3, -0.25) is 14.4 Å². The van der Waals surface area contributed by atoms with Crippen LogP contribution in [0.1, 0.15) is 44.1 Å². The van der Waals surface area contributed by atoms with Gasteiger partial charge >= 0.3 is 0 Å². The van der Waals surface area contributed by atoms with Crippen LogP contribution >= 0.6 is 0 Å². The third-order valence-corrected chi connectivity index (χ3v) is 6.61. The van der Waals surface area contributed by atoms with Crippen LogP contribution in [-0.4, -0.2) is 66.7 Å². The molecule has 0 radical (unpaired) electrons. The number of ether oxygens (including phenoxy) is 2. The second kappa shape index (κ2) is 8.84. The molecule has 3 heterocycles.